The van der Waals surface area contributed by atoms with Gasteiger partial charge in [-0.1, -0.05) is 32.1 Å². The molecular weight excluding hydrogens is 300 g/mol. The van der Waals surface area contributed by atoms with Gasteiger partial charge in [-0.3, -0.25) is 0 Å². The fourth-order valence-corrected chi connectivity index (χ4v) is 3.13. The van der Waals surface area contributed by atoms with E-state index in [-0.39, 0.29) is 10.0 Å². The van der Waals surface area contributed by atoms with Gasteiger partial charge >= 0.3 is 0 Å². The Hall–Kier alpha value is -0.480. The molecule has 1 unspecified atom stereocenters. The van der Waals surface area contributed by atoms with Crippen LogP contribution in [0, 0.1) is 17.6 Å². The van der Waals surface area contributed by atoms with E-state index < -0.39 is 17.7 Å². The Balaban J connectivity index is 2.12. The van der Waals surface area contributed by atoms with E-state index >= 15 is 0 Å². The molecule has 0 spiro atoms. The topological polar surface area (TPSA) is 26.0 Å². The maximum atomic E-state index is 13.9. The van der Waals surface area contributed by atoms with Crippen LogP contribution in [-0.4, -0.2) is 0 Å². The Morgan fingerprint density at radius 3 is 2.56 bits per heavy atom. The van der Waals surface area contributed by atoms with E-state index in [0.29, 0.717) is 12.3 Å². The van der Waals surface area contributed by atoms with Crippen LogP contribution in [0.1, 0.15) is 50.1 Å². The number of halogens is 3. The van der Waals surface area contributed by atoms with Crippen molar-refractivity contribution in [3.63, 3.8) is 0 Å². The molecule has 0 aliphatic heterocycles. The quantitative estimate of drug-likeness (QED) is 0.803. The van der Waals surface area contributed by atoms with E-state index in [2.05, 4.69) is 15.9 Å². The van der Waals surface area contributed by atoms with Crippen molar-refractivity contribution < 1.29 is 8.78 Å². The van der Waals surface area contributed by atoms with Gasteiger partial charge < -0.3 is 5.73 Å². The van der Waals surface area contributed by atoms with Gasteiger partial charge in [0.1, 0.15) is 11.6 Å². The van der Waals surface area contributed by atoms with Gasteiger partial charge in [0, 0.05) is 11.6 Å². The Morgan fingerprint density at radius 2 is 1.89 bits per heavy atom. The van der Waals surface area contributed by atoms with Crippen LogP contribution in [0.15, 0.2) is 16.6 Å². The summed E-state index contributed by atoms with van der Waals surface area (Å²) < 4.78 is 27.9. The first kappa shape index (κ1) is 13.9. The van der Waals surface area contributed by atoms with Gasteiger partial charge in [-0.25, -0.2) is 8.78 Å². The van der Waals surface area contributed by atoms with E-state index in [1.807, 2.05) is 0 Å². The summed E-state index contributed by atoms with van der Waals surface area (Å²) in [7, 11) is 0. The molecule has 0 radical (unpaired) electrons. The normalized spacial score (nSPS) is 18.9. The highest BCUT2D eigenvalue weighted by molar-refractivity contribution is 9.10. The Bertz CT molecular complexity index is 417. The van der Waals surface area contributed by atoms with Crippen LogP contribution in [0.25, 0.3) is 0 Å². The Kier molecular flexibility index (Phi) is 4.73. The van der Waals surface area contributed by atoms with Gasteiger partial charge in [0.05, 0.1) is 4.47 Å². The molecule has 100 valence electrons. The average molecular weight is 318 g/mol. The molecule has 1 aliphatic rings. The zero-order valence-corrected chi connectivity index (χ0v) is 11.8. The maximum Gasteiger partial charge on any atom is 0.145 e. The largest absolute Gasteiger partial charge is 0.324 e. The highest BCUT2D eigenvalue weighted by Crippen LogP contribution is 2.33. The van der Waals surface area contributed by atoms with E-state index in [4.69, 9.17) is 5.73 Å². The first-order valence-electron chi connectivity index (χ1n) is 6.48. The first-order chi connectivity index (χ1) is 8.59. The number of rotatable bonds is 3. The zero-order chi connectivity index (χ0) is 13.1. The van der Waals surface area contributed by atoms with Gasteiger partial charge in [0.2, 0.25) is 0 Å². The van der Waals surface area contributed by atoms with Crippen molar-refractivity contribution in [2.75, 3.05) is 0 Å². The second-order valence-corrected chi connectivity index (χ2v) is 5.96. The molecule has 2 N–H and O–H groups in total. The molecule has 18 heavy (non-hydrogen) atoms. The molecule has 1 fully saturated rings. The summed E-state index contributed by atoms with van der Waals surface area (Å²) in [5, 5.41) is 0. The summed E-state index contributed by atoms with van der Waals surface area (Å²) in [4.78, 5) is 0. The van der Waals surface area contributed by atoms with E-state index in [1.54, 1.807) is 0 Å². The highest BCUT2D eigenvalue weighted by Gasteiger charge is 2.23. The lowest BCUT2D eigenvalue weighted by Gasteiger charge is -2.25. The lowest BCUT2D eigenvalue weighted by molar-refractivity contribution is 0.314. The molecule has 0 aromatic heterocycles. The molecule has 0 heterocycles. The molecule has 1 aliphatic carbocycles. The van der Waals surface area contributed by atoms with E-state index in [0.717, 1.165) is 12.8 Å². The Morgan fingerprint density at radius 1 is 1.22 bits per heavy atom. The van der Waals surface area contributed by atoms with Crippen LogP contribution in [0.4, 0.5) is 8.78 Å². The molecule has 1 nitrogen and oxygen atoms in total. The molecule has 1 saturated carbocycles. The minimum Gasteiger partial charge on any atom is -0.324 e. The van der Waals surface area contributed by atoms with Crippen molar-refractivity contribution in [1.29, 1.82) is 0 Å². The SMILES string of the molecule is NC(CC1CCCCC1)c1c(F)ccc(Br)c1F. The molecule has 0 bridgehead atoms. The van der Waals surface area contributed by atoms with Crippen molar-refractivity contribution in [3.8, 4) is 0 Å². The molecule has 1 aromatic rings. The summed E-state index contributed by atoms with van der Waals surface area (Å²) >= 11 is 3.08. The van der Waals surface area contributed by atoms with Crippen LogP contribution >= 0.6 is 15.9 Å². The van der Waals surface area contributed by atoms with Crippen LogP contribution in [0.3, 0.4) is 0 Å². The third-order valence-corrected chi connectivity index (χ3v) is 4.37. The van der Waals surface area contributed by atoms with Gasteiger partial charge in [-0.15, -0.1) is 0 Å². The third-order valence-electron chi connectivity index (χ3n) is 3.76. The summed E-state index contributed by atoms with van der Waals surface area (Å²) in [5.41, 5.74) is 6.02. The monoisotopic (exact) mass is 317 g/mol. The molecule has 2 rings (SSSR count). The zero-order valence-electron chi connectivity index (χ0n) is 10.3. The van der Waals surface area contributed by atoms with Crippen LogP contribution in [-0.2, 0) is 0 Å². The standard InChI is InChI=1S/C14H18BrF2N/c15-10-6-7-11(16)13(14(10)17)12(18)8-9-4-2-1-3-5-9/h6-7,9,12H,1-5,8,18H2. The van der Waals surface area contributed by atoms with Crippen molar-refractivity contribution in [2.24, 2.45) is 11.7 Å². The molecular formula is C14H18BrF2N. The van der Waals surface area contributed by atoms with Crippen molar-refractivity contribution in [1.82, 2.24) is 0 Å². The molecule has 0 saturated heterocycles. The number of nitrogens with two attached hydrogens (primary N) is 1. The molecule has 1 aromatic carbocycles. The van der Waals surface area contributed by atoms with Crippen molar-refractivity contribution in [3.05, 3.63) is 33.8 Å². The lowest BCUT2D eigenvalue weighted by Crippen LogP contribution is -2.20. The van der Waals surface area contributed by atoms with Gasteiger partial charge in [-0.2, -0.15) is 0 Å². The van der Waals surface area contributed by atoms with Crippen LogP contribution in [0.2, 0.25) is 0 Å². The summed E-state index contributed by atoms with van der Waals surface area (Å²) in [6.07, 6.45) is 6.62. The summed E-state index contributed by atoms with van der Waals surface area (Å²) in [6.45, 7) is 0. The first-order valence-corrected chi connectivity index (χ1v) is 7.28. The lowest BCUT2D eigenvalue weighted by atomic mass is 9.83. The fourth-order valence-electron chi connectivity index (χ4n) is 2.78. The average Bonchev–Trinajstić information content (AvgIpc) is 2.36. The second-order valence-electron chi connectivity index (χ2n) is 5.10. The smallest absolute Gasteiger partial charge is 0.145 e. The van der Waals surface area contributed by atoms with Crippen molar-refractivity contribution in [2.45, 2.75) is 44.6 Å². The van der Waals surface area contributed by atoms with Crippen LogP contribution < -0.4 is 5.73 Å². The maximum absolute atomic E-state index is 13.9. The molecule has 4 heteroatoms. The number of benzene rings is 1. The van der Waals surface area contributed by atoms with Crippen LogP contribution in [0.5, 0.6) is 0 Å². The van der Waals surface area contributed by atoms with Crippen molar-refractivity contribution >= 4 is 15.9 Å². The molecule has 0 amide bonds. The second kappa shape index (κ2) is 6.11. The Labute approximate surface area is 115 Å². The van der Waals surface area contributed by atoms with E-state index in [1.165, 1.54) is 31.4 Å². The number of hydrogen-bond acceptors (Lipinski definition) is 1. The van der Waals surface area contributed by atoms with E-state index in [9.17, 15) is 8.78 Å². The minimum absolute atomic E-state index is 0.0231. The number of hydrogen-bond donors (Lipinski definition) is 1. The fraction of sp³-hybridized carbons (Fsp3) is 0.571. The summed E-state index contributed by atoms with van der Waals surface area (Å²) in [6, 6.07) is 2.09. The molecule has 1 atom stereocenters. The predicted molar refractivity (Wildman–Crippen MR) is 72.2 cm³/mol. The van der Waals surface area contributed by atoms with Gasteiger partial charge in [-0.05, 0) is 40.4 Å². The van der Waals surface area contributed by atoms with Gasteiger partial charge in [0.15, 0.2) is 0 Å². The summed E-state index contributed by atoms with van der Waals surface area (Å²) in [5.74, 6) is -0.594. The van der Waals surface area contributed by atoms with Gasteiger partial charge in [0.25, 0.3) is 0 Å². The predicted octanol–water partition coefficient (Wildman–Crippen LogP) is 4.70. The third kappa shape index (κ3) is 3.09. The highest BCUT2D eigenvalue weighted by atomic mass is 79.9. The minimum atomic E-state index is -0.557.